The number of rotatable bonds is 9. The van der Waals surface area contributed by atoms with Gasteiger partial charge in [0.1, 0.15) is 24.1 Å². The van der Waals surface area contributed by atoms with Crippen molar-refractivity contribution in [1.29, 1.82) is 0 Å². The van der Waals surface area contributed by atoms with Crippen LogP contribution in [0.2, 0.25) is 0 Å². The minimum absolute atomic E-state index is 0.271. The minimum atomic E-state index is -0.550. The van der Waals surface area contributed by atoms with Gasteiger partial charge >= 0.3 is 0 Å². The summed E-state index contributed by atoms with van der Waals surface area (Å²) in [5.41, 5.74) is 5.68. The average molecular weight is 587 g/mol. The molecular weight excluding hydrogens is 552 g/mol. The van der Waals surface area contributed by atoms with Crippen molar-refractivity contribution < 1.29 is 14.3 Å². The summed E-state index contributed by atoms with van der Waals surface area (Å²) >= 11 is 0. The van der Waals surface area contributed by atoms with Crippen molar-refractivity contribution in [2.45, 2.75) is 19.6 Å². The van der Waals surface area contributed by atoms with Crippen LogP contribution in [0.1, 0.15) is 24.1 Å². The Bertz CT molecular complexity index is 1800. The Hall–Kier alpha value is -5.57. The second-order valence-corrected chi connectivity index (χ2v) is 10.7. The largest absolute Gasteiger partial charge is 0.495 e. The van der Waals surface area contributed by atoms with Crippen LogP contribution in [-0.2, 0) is 11.4 Å². The molecule has 0 spiro atoms. The number of carbonyl (C=O) groups is 1. The quantitative estimate of drug-likeness (QED) is 0.203. The van der Waals surface area contributed by atoms with Crippen molar-refractivity contribution in [2.24, 2.45) is 0 Å². The van der Waals surface area contributed by atoms with E-state index in [4.69, 9.17) is 19.6 Å². The third-order valence-corrected chi connectivity index (χ3v) is 7.54. The number of hydrogen-bond donors (Lipinski definition) is 2. The maximum absolute atomic E-state index is 14.0. The molecule has 1 aliphatic rings. The zero-order valence-electron chi connectivity index (χ0n) is 25.1. The van der Waals surface area contributed by atoms with Crippen molar-refractivity contribution >= 4 is 23.2 Å². The fourth-order valence-electron chi connectivity index (χ4n) is 5.21. The molecule has 0 radical (unpaired) electrons. The van der Waals surface area contributed by atoms with Gasteiger partial charge in [-0.25, -0.2) is 4.68 Å². The van der Waals surface area contributed by atoms with Gasteiger partial charge in [0.2, 0.25) is 5.95 Å². The van der Waals surface area contributed by atoms with Gasteiger partial charge in [-0.2, -0.15) is 4.98 Å². The average Bonchev–Trinajstić information content (AvgIpc) is 3.48. The molecule has 222 valence electrons. The number of aromatic nitrogens is 3. The molecule has 0 bridgehead atoms. The van der Waals surface area contributed by atoms with Crippen LogP contribution in [0.3, 0.4) is 0 Å². The molecule has 2 N–H and O–H groups in total. The number of hydrogen-bond acceptors (Lipinski definition) is 7. The fourth-order valence-corrected chi connectivity index (χ4v) is 5.21. The molecule has 0 aliphatic carbocycles. The van der Waals surface area contributed by atoms with E-state index in [1.807, 2.05) is 129 Å². The van der Waals surface area contributed by atoms with Gasteiger partial charge < -0.3 is 25.0 Å². The summed E-state index contributed by atoms with van der Waals surface area (Å²) in [5, 5.41) is 11.3. The Balaban J connectivity index is 1.36. The van der Waals surface area contributed by atoms with Crippen LogP contribution in [0.4, 0.5) is 17.3 Å². The summed E-state index contributed by atoms with van der Waals surface area (Å²) in [6.07, 6.45) is 0. The summed E-state index contributed by atoms with van der Waals surface area (Å²) < 4.78 is 13.3. The van der Waals surface area contributed by atoms with E-state index in [0.717, 1.165) is 28.1 Å². The van der Waals surface area contributed by atoms with Crippen LogP contribution in [-0.4, -0.2) is 41.9 Å². The van der Waals surface area contributed by atoms with Crippen LogP contribution in [0.5, 0.6) is 11.5 Å². The highest BCUT2D eigenvalue weighted by atomic mass is 16.5. The first kappa shape index (κ1) is 28.5. The van der Waals surface area contributed by atoms with Crippen LogP contribution in [0, 0.1) is 0 Å². The molecule has 0 fully saturated rings. The van der Waals surface area contributed by atoms with Gasteiger partial charge in [0.05, 0.1) is 18.4 Å². The topological polar surface area (TPSA) is 93.5 Å². The predicted molar refractivity (Wildman–Crippen MR) is 173 cm³/mol. The Morgan fingerprint density at radius 1 is 0.932 bits per heavy atom. The molecule has 1 aliphatic heterocycles. The third kappa shape index (κ3) is 5.85. The minimum Gasteiger partial charge on any atom is -0.495 e. The first-order valence-electron chi connectivity index (χ1n) is 14.3. The number of para-hydroxylation sites is 2. The number of ether oxygens (including phenoxy) is 2. The van der Waals surface area contributed by atoms with Crippen molar-refractivity contribution in [2.75, 3.05) is 36.7 Å². The highest BCUT2D eigenvalue weighted by Crippen LogP contribution is 2.38. The van der Waals surface area contributed by atoms with Gasteiger partial charge in [-0.1, -0.05) is 54.6 Å². The Kier molecular flexibility index (Phi) is 8.01. The maximum Gasteiger partial charge on any atom is 0.255 e. The molecule has 1 amide bonds. The second kappa shape index (κ2) is 12.3. The fraction of sp³-hybridized carbons (Fsp3) is 0.171. The Labute approximate surface area is 256 Å². The monoisotopic (exact) mass is 586 g/mol. The van der Waals surface area contributed by atoms with Gasteiger partial charge in [0.15, 0.2) is 5.82 Å². The van der Waals surface area contributed by atoms with Crippen LogP contribution in [0.25, 0.3) is 11.4 Å². The lowest BCUT2D eigenvalue weighted by Crippen LogP contribution is -2.31. The number of allylic oxidation sites excluding steroid dienone is 1. The molecule has 0 saturated heterocycles. The maximum atomic E-state index is 14.0. The molecule has 1 atom stereocenters. The molecule has 2 heterocycles. The van der Waals surface area contributed by atoms with Crippen LogP contribution < -0.4 is 25.0 Å². The lowest BCUT2D eigenvalue weighted by Gasteiger charge is -2.29. The second-order valence-electron chi connectivity index (χ2n) is 10.7. The van der Waals surface area contributed by atoms with Crippen LogP contribution in [0.15, 0.2) is 114 Å². The van der Waals surface area contributed by atoms with E-state index in [1.165, 1.54) is 0 Å². The molecule has 44 heavy (non-hydrogen) atoms. The summed E-state index contributed by atoms with van der Waals surface area (Å²) in [5.74, 6) is 2.14. The Morgan fingerprint density at radius 3 is 2.34 bits per heavy atom. The molecule has 4 aromatic carbocycles. The molecule has 9 nitrogen and oxygen atoms in total. The number of nitrogens with zero attached hydrogens (tertiary/aromatic N) is 4. The summed E-state index contributed by atoms with van der Waals surface area (Å²) in [6.45, 7) is 2.34. The van der Waals surface area contributed by atoms with E-state index >= 15 is 0 Å². The molecule has 5 aromatic rings. The number of fused-ring (bicyclic) bond motifs is 1. The number of anilines is 3. The van der Waals surface area contributed by atoms with Gasteiger partial charge in [-0.05, 0) is 66.6 Å². The smallest absolute Gasteiger partial charge is 0.255 e. The summed E-state index contributed by atoms with van der Waals surface area (Å²) in [6, 6.07) is 32.7. The molecule has 1 unspecified atom stereocenters. The van der Waals surface area contributed by atoms with Gasteiger partial charge in [-0.3, -0.25) is 4.79 Å². The predicted octanol–water partition coefficient (Wildman–Crippen LogP) is 6.53. The van der Waals surface area contributed by atoms with E-state index < -0.39 is 6.04 Å². The van der Waals surface area contributed by atoms with Gasteiger partial charge in [0.25, 0.3) is 5.91 Å². The lowest BCUT2D eigenvalue weighted by atomic mass is 9.95. The first-order chi connectivity index (χ1) is 21.4. The summed E-state index contributed by atoms with van der Waals surface area (Å²) in [7, 11) is 5.58. The highest BCUT2D eigenvalue weighted by molar-refractivity contribution is 6.06. The van der Waals surface area contributed by atoms with Gasteiger partial charge in [-0.15, -0.1) is 5.10 Å². The zero-order chi connectivity index (χ0) is 30.6. The number of carbonyl (C=O) groups excluding carboxylic acids is 1. The molecule has 1 aromatic heterocycles. The van der Waals surface area contributed by atoms with E-state index in [9.17, 15) is 4.79 Å². The number of benzene rings is 4. The van der Waals surface area contributed by atoms with Crippen molar-refractivity contribution in [3.63, 3.8) is 0 Å². The normalized spacial score (nSPS) is 14.0. The SMILES string of the molecule is COc1ccccc1NC(=O)C1=C(C)Nc2nc(-c3ccc(N(C)C)cc3)nn2C1c1ccc(OCc2ccccc2)cc1. The van der Waals surface area contributed by atoms with E-state index in [1.54, 1.807) is 11.8 Å². The van der Waals surface area contributed by atoms with Crippen molar-refractivity contribution in [3.8, 4) is 22.9 Å². The number of nitrogens with one attached hydrogen (secondary N) is 2. The first-order valence-corrected chi connectivity index (χ1v) is 14.3. The molecule has 9 heteroatoms. The van der Waals surface area contributed by atoms with Crippen molar-refractivity contribution in [3.05, 3.63) is 126 Å². The van der Waals surface area contributed by atoms with E-state index in [-0.39, 0.29) is 5.91 Å². The van der Waals surface area contributed by atoms with E-state index in [2.05, 4.69) is 10.6 Å². The van der Waals surface area contributed by atoms with Crippen LogP contribution >= 0.6 is 0 Å². The Morgan fingerprint density at radius 2 is 1.64 bits per heavy atom. The summed E-state index contributed by atoms with van der Waals surface area (Å²) in [4.78, 5) is 20.9. The van der Waals surface area contributed by atoms with E-state index in [0.29, 0.717) is 41.1 Å². The molecule has 0 saturated carbocycles. The molecule has 6 rings (SSSR count). The lowest BCUT2D eigenvalue weighted by molar-refractivity contribution is -0.113. The third-order valence-electron chi connectivity index (χ3n) is 7.54. The van der Waals surface area contributed by atoms with Crippen molar-refractivity contribution in [1.82, 2.24) is 14.8 Å². The molecular formula is C35H34N6O3. The van der Waals surface area contributed by atoms with Gasteiger partial charge in [0, 0.05) is 31.0 Å². The number of methoxy groups -OCH3 is 1. The zero-order valence-corrected chi connectivity index (χ0v) is 25.1. The highest BCUT2D eigenvalue weighted by Gasteiger charge is 2.35. The standard InChI is InChI=1S/C35H34N6O3/c1-23-31(34(42)37-29-12-8-9-13-30(29)43-4)32(25-16-20-28(21-17-25)44-22-24-10-6-5-7-11-24)41-35(36-23)38-33(39-41)26-14-18-27(19-15-26)40(2)3/h5-21,32H,22H2,1-4H3,(H,37,42)(H,36,38,39). The number of amides is 1.